The van der Waals surface area contributed by atoms with E-state index in [-0.39, 0.29) is 12.0 Å². The number of likely N-dealkylation sites (tertiary alicyclic amines) is 1. The fraction of sp³-hybridized carbons (Fsp3) is 0.737. The second-order valence-corrected chi connectivity index (χ2v) is 8.49. The average Bonchev–Trinajstić information content (AvgIpc) is 3.30. The third-order valence-corrected chi connectivity index (χ3v) is 4.87. The lowest BCUT2D eigenvalue weighted by Crippen LogP contribution is -2.43. The van der Waals surface area contributed by atoms with Crippen LogP contribution < -0.4 is 0 Å². The van der Waals surface area contributed by atoms with Crippen LogP contribution in [0.3, 0.4) is 0 Å². The van der Waals surface area contributed by atoms with Gasteiger partial charge >= 0.3 is 6.09 Å². The minimum absolute atomic E-state index is 0.0559. The average molecular weight is 363 g/mol. The molecule has 0 atom stereocenters. The van der Waals surface area contributed by atoms with Gasteiger partial charge in [-0.2, -0.15) is 0 Å². The molecule has 144 valence electrons. The summed E-state index contributed by atoms with van der Waals surface area (Å²) in [7, 11) is 1.76. The molecule has 0 spiro atoms. The van der Waals surface area contributed by atoms with Crippen LogP contribution in [0.5, 0.6) is 0 Å². The standard InChI is InChI=1S/C19H29N3O4/c1-19(2,3)25-18(24)21(4)12-13-7-9-22(10-8-13)17(23)15-11-16(26-20-15)14-5-6-14/h11,13-14H,5-10,12H2,1-4H3. The van der Waals surface area contributed by atoms with Gasteiger partial charge in [0.05, 0.1) is 0 Å². The number of rotatable bonds is 4. The second-order valence-electron chi connectivity index (χ2n) is 8.49. The van der Waals surface area contributed by atoms with E-state index in [2.05, 4.69) is 5.16 Å². The van der Waals surface area contributed by atoms with E-state index in [1.807, 2.05) is 25.7 Å². The van der Waals surface area contributed by atoms with Crippen molar-refractivity contribution in [3.05, 3.63) is 17.5 Å². The van der Waals surface area contributed by atoms with Gasteiger partial charge in [0.15, 0.2) is 5.69 Å². The molecule has 0 bridgehead atoms. The van der Waals surface area contributed by atoms with E-state index in [0.29, 0.717) is 37.2 Å². The molecule has 0 aromatic carbocycles. The molecule has 1 saturated heterocycles. The number of carbonyl (C=O) groups excluding carboxylic acids is 2. The van der Waals surface area contributed by atoms with Gasteiger partial charge in [-0.05, 0) is 52.4 Å². The van der Waals surface area contributed by atoms with Crippen molar-refractivity contribution in [2.75, 3.05) is 26.7 Å². The van der Waals surface area contributed by atoms with E-state index in [1.54, 1.807) is 18.0 Å². The van der Waals surface area contributed by atoms with Gasteiger partial charge in [-0.25, -0.2) is 4.79 Å². The number of aromatic nitrogens is 1. The zero-order valence-corrected chi connectivity index (χ0v) is 16.2. The number of nitrogens with zero attached hydrogens (tertiary/aromatic N) is 3. The molecule has 2 heterocycles. The smallest absolute Gasteiger partial charge is 0.410 e. The van der Waals surface area contributed by atoms with Crippen LogP contribution >= 0.6 is 0 Å². The molecule has 7 nitrogen and oxygen atoms in total. The van der Waals surface area contributed by atoms with Gasteiger partial charge in [-0.1, -0.05) is 5.16 Å². The Kier molecular flexibility index (Phi) is 5.25. The van der Waals surface area contributed by atoms with Crippen LogP contribution in [0.4, 0.5) is 4.79 Å². The third-order valence-electron chi connectivity index (χ3n) is 4.87. The largest absolute Gasteiger partial charge is 0.444 e. The highest BCUT2D eigenvalue weighted by Crippen LogP contribution is 2.40. The van der Waals surface area contributed by atoms with Crippen molar-refractivity contribution in [3.8, 4) is 0 Å². The Bertz CT molecular complexity index is 652. The van der Waals surface area contributed by atoms with E-state index in [9.17, 15) is 9.59 Å². The Labute approximate surface area is 154 Å². The highest BCUT2D eigenvalue weighted by molar-refractivity contribution is 5.92. The Hall–Kier alpha value is -2.05. The quantitative estimate of drug-likeness (QED) is 0.820. The van der Waals surface area contributed by atoms with E-state index in [4.69, 9.17) is 9.26 Å². The van der Waals surface area contributed by atoms with Crippen molar-refractivity contribution in [1.29, 1.82) is 0 Å². The SMILES string of the molecule is CN(CC1CCN(C(=O)c2cc(C3CC3)on2)CC1)C(=O)OC(C)(C)C. The Morgan fingerprint density at radius 1 is 1.27 bits per heavy atom. The topological polar surface area (TPSA) is 75.9 Å². The van der Waals surface area contributed by atoms with Crippen LogP contribution in [0, 0.1) is 5.92 Å². The molecular formula is C19H29N3O4. The molecule has 2 aliphatic rings. The molecule has 0 N–H and O–H groups in total. The summed E-state index contributed by atoms with van der Waals surface area (Å²) in [6.07, 6.45) is 3.68. The minimum atomic E-state index is -0.488. The molecule has 0 radical (unpaired) electrons. The Morgan fingerprint density at radius 3 is 2.50 bits per heavy atom. The van der Waals surface area contributed by atoms with E-state index in [0.717, 1.165) is 31.4 Å². The highest BCUT2D eigenvalue weighted by Gasteiger charge is 2.31. The number of carbonyl (C=O) groups is 2. The number of ether oxygens (including phenoxy) is 1. The Balaban J connectivity index is 1.46. The predicted octanol–water partition coefficient (Wildman–Crippen LogP) is 3.27. The molecule has 0 unspecified atom stereocenters. The summed E-state index contributed by atoms with van der Waals surface area (Å²) < 4.78 is 10.7. The van der Waals surface area contributed by atoms with Gasteiger partial charge < -0.3 is 19.1 Å². The van der Waals surface area contributed by atoms with Crippen molar-refractivity contribution in [2.24, 2.45) is 5.92 Å². The van der Waals surface area contributed by atoms with Crippen molar-refractivity contribution >= 4 is 12.0 Å². The van der Waals surface area contributed by atoms with Crippen LogP contribution in [0.15, 0.2) is 10.6 Å². The first kappa shape index (κ1) is 18.7. The monoisotopic (exact) mass is 363 g/mol. The number of piperidine rings is 1. The Morgan fingerprint density at radius 2 is 1.92 bits per heavy atom. The zero-order chi connectivity index (χ0) is 18.9. The van der Waals surface area contributed by atoms with E-state index in [1.165, 1.54) is 0 Å². The summed E-state index contributed by atoms with van der Waals surface area (Å²) in [5.74, 6) is 1.61. The van der Waals surface area contributed by atoms with Crippen molar-refractivity contribution in [2.45, 2.75) is 58.0 Å². The van der Waals surface area contributed by atoms with Gasteiger partial charge in [0.25, 0.3) is 5.91 Å². The van der Waals surface area contributed by atoms with Gasteiger partial charge in [0.1, 0.15) is 11.4 Å². The normalized spacial score (nSPS) is 18.7. The maximum Gasteiger partial charge on any atom is 0.410 e. The highest BCUT2D eigenvalue weighted by atomic mass is 16.6. The lowest BCUT2D eigenvalue weighted by atomic mass is 9.96. The molecule has 2 amide bonds. The molecule has 26 heavy (non-hydrogen) atoms. The lowest BCUT2D eigenvalue weighted by molar-refractivity contribution is 0.0245. The fourth-order valence-electron chi connectivity index (χ4n) is 3.23. The van der Waals surface area contributed by atoms with Gasteiger partial charge in [-0.15, -0.1) is 0 Å². The molecular weight excluding hydrogens is 334 g/mol. The first-order valence-corrected chi connectivity index (χ1v) is 9.43. The van der Waals surface area contributed by atoms with Gasteiger partial charge in [0, 0.05) is 38.7 Å². The van der Waals surface area contributed by atoms with Gasteiger partial charge in [0.2, 0.25) is 0 Å². The molecule has 3 rings (SSSR count). The summed E-state index contributed by atoms with van der Waals surface area (Å²) in [4.78, 5) is 28.1. The number of hydrogen-bond acceptors (Lipinski definition) is 5. The van der Waals surface area contributed by atoms with E-state index >= 15 is 0 Å². The first-order chi connectivity index (χ1) is 12.2. The fourth-order valence-corrected chi connectivity index (χ4v) is 3.23. The van der Waals surface area contributed by atoms with Crippen LogP contribution in [-0.2, 0) is 4.74 Å². The molecule has 1 aliphatic heterocycles. The van der Waals surface area contributed by atoms with Crippen LogP contribution in [-0.4, -0.2) is 59.2 Å². The lowest BCUT2D eigenvalue weighted by Gasteiger charge is -2.34. The van der Waals surface area contributed by atoms with Crippen molar-refractivity contribution in [1.82, 2.24) is 15.0 Å². The van der Waals surface area contributed by atoms with Crippen LogP contribution in [0.2, 0.25) is 0 Å². The van der Waals surface area contributed by atoms with Crippen LogP contribution in [0.1, 0.15) is 68.6 Å². The number of hydrogen-bond donors (Lipinski definition) is 0. The van der Waals surface area contributed by atoms with Crippen LogP contribution in [0.25, 0.3) is 0 Å². The number of amides is 2. The van der Waals surface area contributed by atoms with Crippen molar-refractivity contribution in [3.63, 3.8) is 0 Å². The molecule has 7 heteroatoms. The maximum absolute atomic E-state index is 12.6. The summed E-state index contributed by atoms with van der Waals surface area (Å²) in [6.45, 7) is 7.59. The first-order valence-electron chi connectivity index (χ1n) is 9.43. The molecule has 1 aromatic rings. The van der Waals surface area contributed by atoms with E-state index < -0.39 is 5.60 Å². The third kappa shape index (κ3) is 4.77. The maximum atomic E-state index is 12.6. The zero-order valence-electron chi connectivity index (χ0n) is 16.2. The second kappa shape index (κ2) is 7.29. The summed E-state index contributed by atoms with van der Waals surface area (Å²) in [5, 5.41) is 3.94. The minimum Gasteiger partial charge on any atom is -0.444 e. The summed E-state index contributed by atoms with van der Waals surface area (Å²) >= 11 is 0. The molecule has 1 aliphatic carbocycles. The van der Waals surface area contributed by atoms with Gasteiger partial charge in [-0.3, -0.25) is 4.79 Å². The van der Waals surface area contributed by atoms with Crippen molar-refractivity contribution < 1.29 is 18.8 Å². The predicted molar refractivity (Wildman–Crippen MR) is 96.0 cm³/mol. The molecule has 2 fully saturated rings. The molecule has 1 aromatic heterocycles. The summed E-state index contributed by atoms with van der Waals surface area (Å²) in [5.41, 5.74) is -0.0749. The summed E-state index contributed by atoms with van der Waals surface area (Å²) in [6, 6.07) is 1.79. The molecule has 1 saturated carbocycles.